The number of oxazole rings is 1. The van der Waals surface area contributed by atoms with Gasteiger partial charge in [0.2, 0.25) is 0 Å². The van der Waals surface area contributed by atoms with Gasteiger partial charge in [0.15, 0.2) is 5.58 Å². The van der Waals surface area contributed by atoms with Crippen LogP contribution in [0.25, 0.3) is 11.1 Å². The van der Waals surface area contributed by atoms with E-state index >= 15 is 0 Å². The monoisotopic (exact) mass is 366 g/mol. The van der Waals surface area contributed by atoms with Crippen molar-refractivity contribution in [1.82, 2.24) is 4.98 Å². The summed E-state index contributed by atoms with van der Waals surface area (Å²) in [6.45, 7) is 0.389. The highest BCUT2D eigenvalue weighted by Crippen LogP contribution is 2.37. The first kappa shape index (κ1) is 15.1. The molecular weight excluding hydrogens is 356 g/mol. The minimum absolute atomic E-state index is 0.0191. The number of sulfonamides is 1. The lowest BCUT2D eigenvalue weighted by atomic mass is 10.2. The molecule has 0 saturated carbocycles. The topological polar surface area (TPSA) is 92.6 Å². The molecule has 24 heavy (non-hydrogen) atoms. The minimum Gasteiger partial charge on any atom is -0.489 e. The van der Waals surface area contributed by atoms with Crippen LogP contribution in [0, 0.1) is 0 Å². The third kappa shape index (κ3) is 2.35. The summed E-state index contributed by atoms with van der Waals surface area (Å²) < 4.78 is 37.7. The van der Waals surface area contributed by atoms with Crippen LogP contribution in [0.2, 0.25) is 5.02 Å². The van der Waals surface area contributed by atoms with Crippen LogP contribution in [0.15, 0.2) is 50.5 Å². The van der Waals surface area contributed by atoms with Crippen LogP contribution in [0.3, 0.4) is 0 Å². The second-order valence-electron chi connectivity index (χ2n) is 5.21. The van der Waals surface area contributed by atoms with Crippen molar-refractivity contribution in [3.63, 3.8) is 0 Å². The van der Waals surface area contributed by atoms with Crippen LogP contribution < -0.4 is 14.8 Å². The van der Waals surface area contributed by atoms with E-state index in [2.05, 4.69) is 4.98 Å². The predicted molar refractivity (Wildman–Crippen MR) is 88.3 cm³/mol. The highest BCUT2D eigenvalue weighted by Gasteiger charge is 2.30. The molecule has 0 atom stereocenters. The van der Waals surface area contributed by atoms with E-state index in [0.717, 1.165) is 0 Å². The molecule has 7 nitrogen and oxygen atoms in total. The molecule has 1 N–H and O–H groups in total. The first-order chi connectivity index (χ1) is 11.4. The summed E-state index contributed by atoms with van der Waals surface area (Å²) in [6, 6.07) is 9.05. The Morgan fingerprint density at radius 2 is 2.00 bits per heavy atom. The molecule has 4 rings (SSSR count). The number of H-pyrrole nitrogens is 1. The maximum atomic E-state index is 13.0. The maximum absolute atomic E-state index is 13.0. The van der Waals surface area contributed by atoms with Gasteiger partial charge in [0, 0.05) is 11.1 Å². The zero-order valence-corrected chi connectivity index (χ0v) is 13.7. The number of benzene rings is 2. The first-order valence-electron chi connectivity index (χ1n) is 7.03. The predicted octanol–water partition coefficient (Wildman–Crippen LogP) is 2.36. The molecule has 0 bridgehead atoms. The smallest absolute Gasteiger partial charge is 0.417 e. The number of hydrogen-bond donors (Lipinski definition) is 1. The van der Waals surface area contributed by atoms with E-state index < -0.39 is 15.8 Å². The van der Waals surface area contributed by atoms with Gasteiger partial charge in [-0.3, -0.25) is 9.29 Å². The van der Waals surface area contributed by atoms with Gasteiger partial charge in [-0.25, -0.2) is 13.2 Å². The molecule has 2 aromatic carbocycles. The second kappa shape index (κ2) is 5.29. The van der Waals surface area contributed by atoms with Crippen LogP contribution >= 0.6 is 11.6 Å². The number of aromatic amines is 1. The molecule has 0 spiro atoms. The quantitative estimate of drug-likeness (QED) is 0.751. The van der Waals surface area contributed by atoms with Crippen LogP contribution in [-0.2, 0) is 10.0 Å². The molecule has 124 valence electrons. The Morgan fingerprint density at radius 1 is 1.17 bits per heavy atom. The average molecular weight is 367 g/mol. The van der Waals surface area contributed by atoms with Gasteiger partial charge in [-0.15, -0.1) is 0 Å². The molecular formula is C15H11ClN2O5S. The summed E-state index contributed by atoms with van der Waals surface area (Å²) in [7, 11) is -3.86. The van der Waals surface area contributed by atoms with Gasteiger partial charge in [0.1, 0.15) is 12.4 Å². The van der Waals surface area contributed by atoms with Gasteiger partial charge in [-0.05, 0) is 30.3 Å². The van der Waals surface area contributed by atoms with Crippen molar-refractivity contribution in [3.8, 4) is 5.75 Å². The van der Waals surface area contributed by atoms with Crippen molar-refractivity contribution in [3.05, 3.63) is 52.0 Å². The van der Waals surface area contributed by atoms with E-state index in [1.54, 1.807) is 18.2 Å². The summed E-state index contributed by atoms with van der Waals surface area (Å²) in [6.07, 6.45) is 0. The fourth-order valence-electron chi connectivity index (χ4n) is 2.63. The van der Waals surface area contributed by atoms with E-state index in [0.29, 0.717) is 22.0 Å². The van der Waals surface area contributed by atoms with E-state index in [1.165, 1.54) is 22.5 Å². The molecule has 9 heteroatoms. The first-order valence-corrected chi connectivity index (χ1v) is 8.85. The van der Waals surface area contributed by atoms with Gasteiger partial charge < -0.3 is 9.15 Å². The normalized spacial score (nSPS) is 14.5. The van der Waals surface area contributed by atoms with Gasteiger partial charge in [-0.1, -0.05) is 11.6 Å². The highest BCUT2D eigenvalue weighted by atomic mass is 35.5. The number of nitrogens with zero attached hydrogens (tertiary/aromatic N) is 1. The van der Waals surface area contributed by atoms with E-state index in [1.807, 2.05) is 0 Å². The fourth-order valence-corrected chi connectivity index (χ4v) is 4.26. The van der Waals surface area contributed by atoms with Crippen LogP contribution in [-0.4, -0.2) is 26.6 Å². The van der Waals surface area contributed by atoms with Gasteiger partial charge in [0.25, 0.3) is 10.0 Å². The van der Waals surface area contributed by atoms with Crippen molar-refractivity contribution < 1.29 is 17.6 Å². The van der Waals surface area contributed by atoms with Crippen molar-refractivity contribution in [2.24, 2.45) is 0 Å². The minimum atomic E-state index is -3.86. The van der Waals surface area contributed by atoms with Crippen molar-refractivity contribution in [1.29, 1.82) is 0 Å². The van der Waals surface area contributed by atoms with Gasteiger partial charge in [0.05, 0.1) is 22.6 Å². The lowest BCUT2D eigenvalue weighted by Crippen LogP contribution is -2.37. The average Bonchev–Trinajstić information content (AvgIpc) is 2.93. The molecule has 0 fully saturated rings. The maximum Gasteiger partial charge on any atom is 0.417 e. The summed E-state index contributed by atoms with van der Waals surface area (Å²) in [5, 5.41) is 0.409. The molecule has 0 radical (unpaired) electrons. The Kier molecular flexibility index (Phi) is 3.33. The third-order valence-corrected chi connectivity index (χ3v) is 5.77. The van der Waals surface area contributed by atoms with Gasteiger partial charge in [-0.2, -0.15) is 0 Å². The number of halogens is 1. The van der Waals surface area contributed by atoms with E-state index in [4.69, 9.17) is 20.8 Å². The number of anilines is 1. The zero-order valence-electron chi connectivity index (χ0n) is 12.2. The number of fused-ring (bicyclic) bond motifs is 2. The van der Waals surface area contributed by atoms with Crippen LogP contribution in [0.1, 0.15) is 0 Å². The number of nitrogens with one attached hydrogen (secondary N) is 1. The summed E-state index contributed by atoms with van der Waals surface area (Å²) in [5.74, 6) is -0.188. The molecule has 1 aliphatic rings. The zero-order chi connectivity index (χ0) is 16.9. The fraction of sp³-hybridized carbons (Fsp3) is 0.133. The second-order valence-corrected chi connectivity index (χ2v) is 7.51. The molecule has 0 saturated heterocycles. The molecule has 3 aromatic rings. The standard InChI is InChI=1S/C15H11ClN2O5S/c16-9-1-4-13-12(7-9)18(5-6-22-13)24(20,21)10-2-3-11-14(8-10)23-15(19)17-11/h1-4,7-8H,5-6H2,(H,17,19). The highest BCUT2D eigenvalue weighted by molar-refractivity contribution is 7.92. The van der Waals surface area contributed by atoms with Crippen molar-refractivity contribution in [2.45, 2.75) is 4.90 Å². The molecule has 0 aliphatic carbocycles. The Morgan fingerprint density at radius 3 is 2.83 bits per heavy atom. The van der Waals surface area contributed by atoms with Gasteiger partial charge >= 0.3 is 5.76 Å². The Balaban J connectivity index is 1.85. The Bertz CT molecular complexity index is 1100. The molecule has 1 aliphatic heterocycles. The van der Waals surface area contributed by atoms with E-state index in [-0.39, 0.29) is 23.6 Å². The van der Waals surface area contributed by atoms with E-state index in [9.17, 15) is 13.2 Å². The summed E-state index contributed by atoms with van der Waals surface area (Å²) >= 11 is 5.99. The van der Waals surface area contributed by atoms with Crippen molar-refractivity contribution in [2.75, 3.05) is 17.5 Å². The number of ether oxygens (including phenoxy) is 1. The Hall–Kier alpha value is -2.45. The Labute approximate surface area is 141 Å². The number of rotatable bonds is 2. The van der Waals surface area contributed by atoms with Crippen molar-refractivity contribution >= 4 is 38.4 Å². The third-order valence-electron chi connectivity index (χ3n) is 3.72. The summed E-state index contributed by atoms with van der Waals surface area (Å²) in [4.78, 5) is 13.7. The lowest BCUT2D eigenvalue weighted by molar-refractivity contribution is 0.316. The number of hydrogen-bond acceptors (Lipinski definition) is 5. The molecule has 0 unspecified atom stereocenters. The van der Waals surface area contributed by atoms with Crippen LogP contribution in [0.4, 0.5) is 5.69 Å². The SMILES string of the molecule is O=c1[nH]c2ccc(S(=O)(=O)N3CCOc4ccc(Cl)cc43)cc2o1. The van der Waals surface area contributed by atoms with Crippen LogP contribution in [0.5, 0.6) is 5.75 Å². The molecule has 0 amide bonds. The molecule has 2 heterocycles. The largest absolute Gasteiger partial charge is 0.489 e. The number of aromatic nitrogens is 1. The lowest BCUT2D eigenvalue weighted by Gasteiger charge is -2.30. The summed E-state index contributed by atoms with van der Waals surface area (Å²) in [5.41, 5.74) is 0.995. The molecule has 1 aromatic heterocycles.